The Kier molecular flexibility index (Phi) is 7.03. The number of carbonyl (C=O) groups is 2. The quantitative estimate of drug-likeness (QED) is 0.237. The second kappa shape index (κ2) is 10.6. The van der Waals surface area contributed by atoms with Crippen LogP contribution >= 0.6 is 0 Å². The monoisotopic (exact) mass is 520 g/mol. The first-order chi connectivity index (χ1) is 18.7. The molecule has 2 N–H and O–H groups in total. The highest BCUT2D eigenvalue weighted by molar-refractivity contribution is 5.99. The van der Waals surface area contributed by atoms with Gasteiger partial charge in [0.15, 0.2) is 0 Å². The number of halogens is 1. The van der Waals surface area contributed by atoms with Crippen molar-refractivity contribution in [2.75, 3.05) is 0 Å². The van der Waals surface area contributed by atoms with Gasteiger partial charge in [-0.2, -0.15) is 0 Å². The molecule has 1 heterocycles. The maximum Gasteiger partial charge on any atom is 0.336 e. The van der Waals surface area contributed by atoms with Gasteiger partial charge in [0.2, 0.25) is 0 Å². The number of aromatic nitrogens is 1. The molecule has 0 fully saturated rings. The maximum absolute atomic E-state index is 13.3. The van der Waals surface area contributed by atoms with Gasteiger partial charge in [-0.1, -0.05) is 54.6 Å². The molecule has 0 aliphatic heterocycles. The van der Waals surface area contributed by atoms with E-state index in [9.17, 15) is 19.1 Å². The minimum absolute atomic E-state index is 0.184. The molecular weight excluding hydrogens is 491 g/mol. The zero-order chi connectivity index (χ0) is 27.7. The lowest BCUT2D eigenvalue weighted by Gasteiger charge is -2.15. The fourth-order valence-corrected chi connectivity index (χ4v) is 5.00. The van der Waals surface area contributed by atoms with Gasteiger partial charge in [-0.25, -0.2) is 9.18 Å². The third kappa shape index (κ3) is 5.18. The summed E-state index contributed by atoms with van der Waals surface area (Å²) < 4.78 is 15.5. The second-order valence-corrected chi connectivity index (χ2v) is 9.82. The third-order valence-electron chi connectivity index (χ3n) is 7.38. The number of rotatable bonds is 7. The molecule has 5 rings (SSSR count). The molecule has 5 aromatic rings. The van der Waals surface area contributed by atoms with Gasteiger partial charge < -0.3 is 15.0 Å². The number of hydrogen-bond acceptors (Lipinski definition) is 2. The Hall–Kier alpha value is -4.71. The topological polar surface area (TPSA) is 71.3 Å². The van der Waals surface area contributed by atoms with Crippen molar-refractivity contribution in [1.82, 2.24) is 9.88 Å². The third-order valence-corrected chi connectivity index (χ3v) is 7.38. The second-order valence-electron chi connectivity index (χ2n) is 9.82. The van der Waals surface area contributed by atoms with Crippen LogP contribution in [-0.4, -0.2) is 21.6 Å². The summed E-state index contributed by atoms with van der Waals surface area (Å²) in [5.74, 6) is -1.44. The van der Waals surface area contributed by atoms with Gasteiger partial charge >= 0.3 is 5.97 Å². The molecular formula is C33H29FN2O3. The number of carboxylic acid groups (broad SMARTS) is 1. The number of carboxylic acids is 1. The van der Waals surface area contributed by atoms with Gasteiger partial charge in [-0.05, 0) is 85.0 Å². The Morgan fingerprint density at radius 2 is 1.62 bits per heavy atom. The lowest BCUT2D eigenvalue weighted by Crippen LogP contribution is -2.26. The fraction of sp³-hybridized carbons (Fsp3) is 0.152. The Bertz CT molecular complexity index is 1690. The van der Waals surface area contributed by atoms with Crippen LogP contribution in [0.3, 0.4) is 0 Å². The Labute approximate surface area is 226 Å². The van der Waals surface area contributed by atoms with Crippen LogP contribution in [0.4, 0.5) is 4.39 Å². The van der Waals surface area contributed by atoms with E-state index in [1.807, 2.05) is 61.5 Å². The minimum atomic E-state index is -0.947. The van der Waals surface area contributed by atoms with Gasteiger partial charge in [-0.15, -0.1) is 0 Å². The van der Waals surface area contributed by atoms with Crippen LogP contribution in [0.2, 0.25) is 0 Å². The number of nitrogens with zero attached hydrogens (tertiary/aromatic N) is 1. The van der Waals surface area contributed by atoms with Gasteiger partial charge in [0, 0.05) is 28.7 Å². The van der Waals surface area contributed by atoms with Gasteiger partial charge in [0.05, 0.1) is 11.6 Å². The molecule has 0 radical (unpaired) electrons. The van der Waals surface area contributed by atoms with E-state index < -0.39 is 5.97 Å². The fourth-order valence-electron chi connectivity index (χ4n) is 5.00. The van der Waals surface area contributed by atoms with E-state index in [4.69, 9.17) is 0 Å². The summed E-state index contributed by atoms with van der Waals surface area (Å²) in [6.45, 7) is 6.65. The summed E-state index contributed by atoms with van der Waals surface area (Å²) in [7, 11) is 0. The summed E-state index contributed by atoms with van der Waals surface area (Å²) in [4.78, 5) is 24.6. The van der Waals surface area contributed by atoms with Crippen molar-refractivity contribution < 1.29 is 19.1 Å². The van der Waals surface area contributed by atoms with E-state index in [-0.39, 0.29) is 23.3 Å². The van der Waals surface area contributed by atoms with Gasteiger partial charge in [0.25, 0.3) is 5.91 Å². The first-order valence-corrected chi connectivity index (χ1v) is 12.8. The minimum Gasteiger partial charge on any atom is -0.478 e. The molecule has 39 heavy (non-hydrogen) atoms. The standard InChI is InChI=1S/C33H29FN2O3/c1-20-22(3)36(19-23-8-10-25(11-9-23)28-6-4-5-7-29(28)33(38)39)31-17-14-26(18-30(20)31)32(37)35-21(2)24-12-15-27(34)16-13-24/h4-18,21H,19H2,1-3H3,(H,35,37)(H,38,39)/t21-/m1/s1. The summed E-state index contributed by atoms with van der Waals surface area (Å²) in [5, 5.41) is 13.5. The number of aryl methyl sites for hydroxylation is 1. The summed E-state index contributed by atoms with van der Waals surface area (Å²) >= 11 is 0. The summed E-state index contributed by atoms with van der Waals surface area (Å²) in [6.07, 6.45) is 0. The lowest BCUT2D eigenvalue weighted by atomic mass is 9.99. The molecule has 196 valence electrons. The van der Waals surface area contributed by atoms with Crippen molar-refractivity contribution >= 4 is 22.8 Å². The number of amides is 1. The van der Waals surface area contributed by atoms with Gasteiger partial charge in [-0.3, -0.25) is 4.79 Å². The highest BCUT2D eigenvalue weighted by Gasteiger charge is 2.17. The number of benzene rings is 4. The zero-order valence-corrected chi connectivity index (χ0v) is 22.0. The van der Waals surface area contributed by atoms with Crippen molar-refractivity contribution in [3.63, 3.8) is 0 Å². The van der Waals surface area contributed by atoms with Crippen molar-refractivity contribution in [3.05, 3.63) is 130 Å². The summed E-state index contributed by atoms with van der Waals surface area (Å²) in [6, 6.07) is 26.6. The van der Waals surface area contributed by atoms with Crippen LogP contribution < -0.4 is 5.32 Å². The molecule has 0 aliphatic carbocycles. The average molecular weight is 521 g/mol. The molecule has 0 aliphatic rings. The zero-order valence-electron chi connectivity index (χ0n) is 22.0. The van der Waals surface area contributed by atoms with Crippen LogP contribution in [0, 0.1) is 19.7 Å². The summed E-state index contributed by atoms with van der Waals surface area (Å²) in [5.41, 5.74) is 7.57. The number of carbonyl (C=O) groups excluding carboxylic acids is 1. The first-order valence-electron chi connectivity index (χ1n) is 12.8. The largest absolute Gasteiger partial charge is 0.478 e. The van der Waals surface area contributed by atoms with Crippen LogP contribution in [-0.2, 0) is 6.54 Å². The van der Waals surface area contributed by atoms with Crippen molar-refractivity contribution in [1.29, 1.82) is 0 Å². The van der Waals surface area contributed by atoms with Crippen LogP contribution in [0.5, 0.6) is 0 Å². The number of fused-ring (bicyclic) bond motifs is 1. The van der Waals surface area contributed by atoms with Crippen LogP contribution in [0.1, 0.15) is 56.1 Å². The normalized spacial score (nSPS) is 11.9. The van der Waals surface area contributed by atoms with Crippen molar-refractivity contribution in [2.24, 2.45) is 0 Å². The Morgan fingerprint density at radius 1 is 0.923 bits per heavy atom. The Morgan fingerprint density at radius 3 is 2.31 bits per heavy atom. The molecule has 5 nitrogen and oxygen atoms in total. The van der Waals surface area contributed by atoms with E-state index in [0.717, 1.165) is 38.9 Å². The molecule has 0 unspecified atom stereocenters. The van der Waals surface area contributed by atoms with Crippen molar-refractivity contribution in [3.8, 4) is 11.1 Å². The molecule has 0 bridgehead atoms. The average Bonchev–Trinajstić information content (AvgIpc) is 3.18. The molecule has 6 heteroatoms. The molecule has 0 saturated carbocycles. The molecule has 1 atom stereocenters. The molecule has 4 aromatic carbocycles. The van der Waals surface area contributed by atoms with Crippen LogP contribution in [0.15, 0.2) is 91.0 Å². The van der Waals surface area contributed by atoms with Crippen LogP contribution in [0.25, 0.3) is 22.0 Å². The maximum atomic E-state index is 13.3. The highest BCUT2D eigenvalue weighted by atomic mass is 19.1. The molecule has 1 aromatic heterocycles. The smallest absolute Gasteiger partial charge is 0.336 e. The Balaban J connectivity index is 1.38. The SMILES string of the molecule is Cc1c(C)n(Cc2ccc(-c3ccccc3C(=O)O)cc2)c2ccc(C(=O)N[C@H](C)c3ccc(F)cc3)cc12. The molecule has 0 spiro atoms. The number of nitrogens with one attached hydrogen (secondary N) is 1. The number of aromatic carboxylic acids is 1. The van der Waals surface area contributed by atoms with Gasteiger partial charge in [0.1, 0.15) is 5.82 Å². The predicted octanol–water partition coefficient (Wildman–Crippen LogP) is 7.30. The van der Waals surface area contributed by atoms with E-state index >= 15 is 0 Å². The van der Waals surface area contributed by atoms with E-state index in [1.165, 1.54) is 12.1 Å². The van der Waals surface area contributed by atoms with E-state index in [0.29, 0.717) is 17.7 Å². The van der Waals surface area contributed by atoms with E-state index in [1.54, 1.807) is 24.3 Å². The number of hydrogen-bond donors (Lipinski definition) is 2. The molecule has 0 saturated heterocycles. The predicted molar refractivity (Wildman–Crippen MR) is 152 cm³/mol. The van der Waals surface area contributed by atoms with Crippen molar-refractivity contribution in [2.45, 2.75) is 33.4 Å². The highest BCUT2D eigenvalue weighted by Crippen LogP contribution is 2.29. The van der Waals surface area contributed by atoms with E-state index in [2.05, 4.69) is 23.7 Å². The first kappa shape index (κ1) is 25.9. The molecule has 1 amide bonds. The lowest BCUT2D eigenvalue weighted by molar-refractivity contribution is 0.0697.